The molecule has 1 amide bonds. The Labute approximate surface area is 235 Å². The maximum Gasteiger partial charge on any atom is 0.311 e. The number of rotatable bonds is 10. The van der Waals surface area contributed by atoms with E-state index in [9.17, 15) is 9.59 Å². The summed E-state index contributed by atoms with van der Waals surface area (Å²) in [7, 11) is 1.34. The van der Waals surface area contributed by atoms with Crippen molar-refractivity contribution in [2.45, 2.75) is 19.4 Å². The first-order chi connectivity index (χ1) is 19.3. The van der Waals surface area contributed by atoms with Crippen LogP contribution in [-0.2, 0) is 16.0 Å². The van der Waals surface area contributed by atoms with Gasteiger partial charge in [0.2, 0.25) is 0 Å². The monoisotopic (exact) mass is 531 g/mol. The highest BCUT2D eigenvalue weighted by atomic mass is 16.5. The van der Waals surface area contributed by atoms with Crippen molar-refractivity contribution >= 4 is 23.8 Å². The van der Waals surface area contributed by atoms with Crippen molar-refractivity contribution in [2.24, 2.45) is 11.7 Å². The molecule has 40 heavy (non-hydrogen) atoms. The van der Waals surface area contributed by atoms with E-state index in [2.05, 4.69) is 29.6 Å². The van der Waals surface area contributed by atoms with Crippen LogP contribution in [0.5, 0.6) is 0 Å². The molecule has 4 N–H and O–H groups in total. The largest absolute Gasteiger partial charge is 0.469 e. The summed E-state index contributed by atoms with van der Waals surface area (Å²) in [5, 5.41) is 10.8. The zero-order valence-electron chi connectivity index (χ0n) is 22.6. The summed E-state index contributed by atoms with van der Waals surface area (Å²) in [6, 6.07) is 31.8. The highest BCUT2D eigenvalue weighted by Crippen LogP contribution is 2.22. The molecule has 0 bridgehead atoms. The number of aryl methyl sites for hydroxylation is 1. The number of amidine groups is 1. The Morgan fingerprint density at radius 2 is 1.52 bits per heavy atom. The lowest BCUT2D eigenvalue weighted by atomic mass is 9.90. The minimum absolute atomic E-state index is 0.0561. The Balaban J connectivity index is 1.62. The number of methoxy groups -OCH3 is 1. The van der Waals surface area contributed by atoms with E-state index >= 15 is 0 Å². The van der Waals surface area contributed by atoms with E-state index in [4.69, 9.17) is 15.9 Å². The average molecular weight is 532 g/mol. The van der Waals surface area contributed by atoms with Gasteiger partial charge in [-0.3, -0.25) is 15.0 Å². The lowest BCUT2D eigenvalue weighted by Crippen LogP contribution is -2.43. The summed E-state index contributed by atoms with van der Waals surface area (Å²) < 4.78 is 5.16. The van der Waals surface area contributed by atoms with Crippen LogP contribution in [0.25, 0.3) is 17.2 Å². The molecule has 0 fully saturated rings. The fourth-order valence-electron chi connectivity index (χ4n) is 4.48. The quantitative estimate of drug-likeness (QED) is 0.137. The number of hydrogen-bond acceptors (Lipinski definition) is 4. The molecule has 0 aliphatic carbocycles. The Hall–Kier alpha value is -4.97. The fourth-order valence-corrected chi connectivity index (χ4v) is 4.48. The number of esters is 1. The first-order valence-corrected chi connectivity index (χ1v) is 13.1. The van der Waals surface area contributed by atoms with Gasteiger partial charge in [0.15, 0.2) is 0 Å². The number of carbonyl (C=O) groups excluding carboxylic acids is 2. The van der Waals surface area contributed by atoms with Gasteiger partial charge in [-0.25, -0.2) is 0 Å². The Morgan fingerprint density at radius 3 is 2.15 bits per heavy atom. The summed E-state index contributed by atoms with van der Waals surface area (Å²) in [6.07, 6.45) is 3.99. The fraction of sp³-hybridized carbons (Fsp3) is 0.147. The molecule has 6 nitrogen and oxygen atoms in total. The number of nitrogens with one attached hydrogen (secondary N) is 2. The van der Waals surface area contributed by atoms with E-state index in [1.165, 1.54) is 12.7 Å². The Kier molecular flexibility index (Phi) is 9.26. The zero-order valence-corrected chi connectivity index (χ0v) is 22.6. The van der Waals surface area contributed by atoms with Crippen molar-refractivity contribution < 1.29 is 14.3 Å². The van der Waals surface area contributed by atoms with Gasteiger partial charge < -0.3 is 15.8 Å². The predicted molar refractivity (Wildman–Crippen MR) is 160 cm³/mol. The van der Waals surface area contributed by atoms with Crippen molar-refractivity contribution in [3.8, 4) is 11.1 Å². The maximum atomic E-state index is 13.4. The van der Waals surface area contributed by atoms with Crippen LogP contribution in [-0.4, -0.2) is 30.9 Å². The topological polar surface area (TPSA) is 105 Å². The van der Waals surface area contributed by atoms with Crippen LogP contribution in [0.2, 0.25) is 0 Å². The Bertz CT molecular complexity index is 1490. The van der Waals surface area contributed by atoms with E-state index in [1.54, 1.807) is 30.3 Å². The molecule has 0 saturated heterocycles. The molecule has 4 aromatic rings. The number of carbonyl (C=O) groups is 2. The summed E-state index contributed by atoms with van der Waals surface area (Å²) in [4.78, 5) is 26.5. The van der Waals surface area contributed by atoms with Gasteiger partial charge in [-0.15, -0.1) is 0 Å². The SMILES string of the molecule is COC(=O)[C@@H](Cc1cccc(C(=N)N)c1)[C@H](/C=C/c1ccccc1)NC(=O)c1ccc(-c2ccc(C)cc2)cc1. The molecule has 0 radical (unpaired) electrons. The van der Waals surface area contributed by atoms with E-state index in [1.807, 2.05) is 67.6 Å². The summed E-state index contributed by atoms with van der Waals surface area (Å²) >= 11 is 0. The number of nitrogens with two attached hydrogens (primary N) is 1. The van der Waals surface area contributed by atoms with Crippen molar-refractivity contribution in [1.82, 2.24) is 5.32 Å². The third kappa shape index (κ3) is 7.32. The van der Waals surface area contributed by atoms with Crippen LogP contribution >= 0.6 is 0 Å². The molecule has 0 unspecified atom stereocenters. The second-order valence-corrected chi connectivity index (χ2v) is 9.66. The van der Waals surface area contributed by atoms with Gasteiger partial charge in [0, 0.05) is 11.1 Å². The first kappa shape index (κ1) is 28.0. The molecule has 0 heterocycles. The van der Waals surface area contributed by atoms with E-state index in [0.29, 0.717) is 11.1 Å². The smallest absolute Gasteiger partial charge is 0.311 e. The van der Waals surface area contributed by atoms with Crippen LogP contribution < -0.4 is 11.1 Å². The molecule has 4 rings (SSSR count). The van der Waals surface area contributed by atoms with Gasteiger partial charge in [-0.05, 0) is 53.8 Å². The number of nitrogen functional groups attached to an aromatic ring is 1. The van der Waals surface area contributed by atoms with Gasteiger partial charge in [-0.1, -0.05) is 103 Å². The van der Waals surface area contributed by atoms with E-state index < -0.39 is 17.9 Å². The molecule has 0 aromatic heterocycles. The molecular formula is C34H33N3O3. The lowest BCUT2D eigenvalue weighted by Gasteiger charge is -2.24. The predicted octanol–water partition coefficient (Wildman–Crippen LogP) is 5.79. The summed E-state index contributed by atoms with van der Waals surface area (Å²) in [5.74, 6) is -1.53. The first-order valence-electron chi connectivity index (χ1n) is 13.1. The molecule has 0 saturated carbocycles. The van der Waals surface area contributed by atoms with E-state index in [0.717, 1.165) is 22.3 Å². The van der Waals surface area contributed by atoms with Crippen molar-refractivity contribution in [3.63, 3.8) is 0 Å². The zero-order chi connectivity index (χ0) is 28.5. The molecular weight excluding hydrogens is 498 g/mol. The summed E-state index contributed by atoms with van der Waals surface area (Å²) in [5.41, 5.74) is 11.7. The number of hydrogen-bond donors (Lipinski definition) is 3. The third-order valence-corrected chi connectivity index (χ3v) is 6.76. The normalized spacial score (nSPS) is 12.4. The minimum atomic E-state index is -0.719. The third-order valence-electron chi connectivity index (χ3n) is 6.76. The second-order valence-electron chi connectivity index (χ2n) is 9.66. The highest BCUT2D eigenvalue weighted by Gasteiger charge is 2.29. The van der Waals surface area contributed by atoms with Gasteiger partial charge >= 0.3 is 5.97 Å². The number of amides is 1. The van der Waals surface area contributed by atoms with Gasteiger partial charge in [0.1, 0.15) is 5.84 Å². The van der Waals surface area contributed by atoms with Gasteiger partial charge in [0.05, 0.1) is 19.1 Å². The summed E-state index contributed by atoms with van der Waals surface area (Å²) in [6.45, 7) is 2.04. The van der Waals surface area contributed by atoms with Crippen LogP contribution in [0.1, 0.15) is 32.6 Å². The van der Waals surface area contributed by atoms with Crippen LogP contribution in [0.4, 0.5) is 0 Å². The Morgan fingerprint density at radius 1 is 0.875 bits per heavy atom. The molecule has 4 aromatic carbocycles. The second kappa shape index (κ2) is 13.2. The number of ether oxygens (including phenoxy) is 1. The van der Waals surface area contributed by atoms with Gasteiger partial charge in [0.25, 0.3) is 5.91 Å². The van der Waals surface area contributed by atoms with Crippen molar-refractivity contribution in [3.05, 3.63) is 137 Å². The van der Waals surface area contributed by atoms with Gasteiger partial charge in [-0.2, -0.15) is 0 Å². The number of benzene rings is 4. The molecule has 0 aliphatic rings. The molecule has 202 valence electrons. The highest BCUT2D eigenvalue weighted by molar-refractivity contribution is 5.96. The van der Waals surface area contributed by atoms with Crippen molar-refractivity contribution in [2.75, 3.05) is 7.11 Å². The lowest BCUT2D eigenvalue weighted by molar-refractivity contribution is -0.145. The van der Waals surface area contributed by atoms with E-state index in [-0.39, 0.29) is 18.2 Å². The molecule has 2 atom stereocenters. The maximum absolute atomic E-state index is 13.4. The molecule has 6 heteroatoms. The standard InChI is InChI=1S/C34H33N3O3/c1-23-11-14-26(15-12-23)27-16-18-28(19-17-27)33(38)37-31(20-13-24-7-4-3-5-8-24)30(34(39)40-2)22-25-9-6-10-29(21-25)32(35)36/h3-21,30-31H,22H2,1-2H3,(H3,35,36)(H,37,38)/b20-13+/t30-,31-/m0/s1. The molecule has 0 spiro atoms. The van der Waals surface area contributed by atoms with Crippen LogP contribution in [0.3, 0.4) is 0 Å². The van der Waals surface area contributed by atoms with Crippen LogP contribution in [0.15, 0.2) is 109 Å². The molecule has 0 aliphatic heterocycles. The minimum Gasteiger partial charge on any atom is -0.469 e. The van der Waals surface area contributed by atoms with Crippen LogP contribution in [0, 0.1) is 18.3 Å². The van der Waals surface area contributed by atoms with Crippen molar-refractivity contribution in [1.29, 1.82) is 5.41 Å². The average Bonchev–Trinajstić information content (AvgIpc) is 2.99.